The highest BCUT2D eigenvalue weighted by molar-refractivity contribution is 5.96. The summed E-state index contributed by atoms with van der Waals surface area (Å²) in [6.07, 6.45) is 0. The highest BCUT2D eigenvalue weighted by atomic mass is 35.5. The predicted molar refractivity (Wildman–Crippen MR) is 73.5 cm³/mol. The van der Waals surface area contributed by atoms with Gasteiger partial charge in [-0.2, -0.15) is 8.78 Å². The van der Waals surface area contributed by atoms with Crippen LogP contribution in [0.5, 0.6) is 5.75 Å². The van der Waals surface area contributed by atoms with Crippen LogP contribution in [0.15, 0.2) is 18.2 Å². The van der Waals surface area contributed by atoms with Gasteiger partial charge in [-0.15, -0.1) is 12.4 Å². The molecule has 1 unspecified atom stereocenters. The fourth-order valence-corrected chi connectivity index (χ4v) is 1.47. The number of hydrogen-bond acceptors (Lipinski definition) is 4. The molecule has 8 heteroatoms. The quantitative estimate of drug-likeness (QED) is 0.842. The smallest absolute Gasteiger partial charge is 0.387 e. The van der Waals surface area contributed by atoms with Crippen LogP contribution < -0.4 is 15.8 Å². The third kappa shape index (κ3) is 5.28. The number of carbonyl (C=O) groups excluding carboxylic acids is 1. The van der Waals surface area contributed by atoms with Gasteiger partial charge in [0.25, 0.3) is 0 Å². The number of benzene rings is 1. The first-order valence-corrected chi connectivity index (χ1v) is 5.55. The van der Waals surface area contributed by atoms with Gasteiger partial charge in [0.2, 0.25) is 5.91 Å². The Labute approximate surface area is 121 Å². The van der Waals surface area contributed by atoms with Gasteiger partial charge in [-0.1, -0.05) is 12.1 Å². The molecular formula is C12H17ClF2N2O3. The Morgan fingerprint density at radius 1 is 1.45 bits per heavy atom. The van der Waals surface area contributed by atoms with E-state index in [0.717, 1.165) is 0 Å². The molecule has 0 spiro atoms. The lowest BCUT2D eigenvalue weighted by atomic mass is 10.1. The number of ether oxygens (including phenoxy) is 2. The molecule has 1 rings (SSSR count). The molecule has 0 aliphatic rings. The molecule has 0 radical (unpaired) electrons. The number of nitrogens with two attached hydrogens (primary N) is 1. The molecule has 0 aromatic heterocycles. The maximum absolute atomic E-state index is 12.3. The minimum absolute atomic E-state index is 0. The Balaban J connectivity index is 0.00000361. The minimum atomic E-state index is -2.97. The summed E-state index contributed by atoms with van der Waals surface area (Å²) in [7, 11) is 1.41. The third-order valence-corrected chi connectivity index (χ3v) is 2.38. The van der Waals surface area contributed by atoms with Crippen LogP contribution in [0.25, 0.3) is 0 Å². The summed E-state index contributed by atoms with van der Waals surface area (Å²) in [6, 6.07) is 3.67. The number of carbonyl (C=O) groups is 1. The summed E-state index contributed by atoms with van der Waals surface area (Å²) in [5, 5.41) is 2.47. The standard InChI is InChI=1S/C12H16F2N2O3.ClH/c1-7-4-3-5-9(19-12(13)14)10(7)16-11(17)8(15)6-18-2;/h3-5,8,12H,6,15H2,1-2H3,(H,16,17);1H. The van der Waals surface area contributed by atoms with E-state index in [1.807, 2.05) is 0 Å². The Hall–Kier alpha value is -1.44. The number of hydrogen-bond donors (Lipinski definition) is 2. The van der Waals surface area contributed by atoms with Gasteiger partial charge in [0.05, 0.1) is 12.3 Å². The van der Waals surface area contributed by atoms with Crippen molar-refractivity contribution in [2.75, 3.05) is 19.0 Å². The lowest BCUT2D eigenvalue weighted by Gasteiger charge is -2.16. The lowest BCUT2D eigenvalue weighted by molar-refractivity contribution is -0.118. The first-order chi connectivity index (χ1) is 8.95. The predicted octanol–water partition coefficient (Wildman–Crippen LogP) is 1.93. The van der Waals surface area contributed by atoms with E-state index in [0.29, 0.717) is 5.56 Å². The first kappa shape index (κ1) is 18.6. The van der Waals surface area contributed by atoms with Crippen LogP contribution in [0, 0.1) is 6.92 Å². The second-order valence-electron chi connectivity index (χ2n) is 3.88. The van der Waals surface area contributed by atoms with E-state index < -0.39 is 18.6 Å². The van der Waals surface area contributed by atoms with Crippen LogP contribution in [0.4, 0.5) is 14.5 Å². The lowest BCUT2D eigenvalue weighted by Crippen LogP contribution is -2.39. The highest BCUT2D eigenvalue weighted by Gasteiger charge is 2.18. The van der Waals surface area contributed by atoms with Crippen molar-refractivity contribution in [3.05, 3.63) is 23.8 Å². The van der Waals surface area contributed by atoms with Gasteiger partial charge >= 0.3 is 6.61 Å². The molecule has 0 aliphatic heterocycles. The van der Waals surface area contributed by atoms with E-state index in [9.17, 15) is 13.6 Å². The van der Waals surface area contributed by atoms with Gasteiger partial charge in [-0.05, 0) is 18.6 Å². The molecule has 0 saturated carbocycles. The van der Waals surface area contributed by atoms with E-state index >= 15 is 0 Å². The molecule has 1 atom stereocenters. The van der Waals surface area contributed by atoms with Gasteiger partial charge in [-0.3, -0.25) is 4.79 Å². The summed E-state index contributed by atoms with van der Waals surface area (Å²) in [6.45, 7) is -1.27. The maximum Gasteiger partial charge on any atom is 0.387 e. The molecule has 0 heterocycles. The van der Waals surface area contributed by atoms with E-state index in [1.54, 1.807) is 19.1 Å². The SMILES string of the molecule is COCC(N)C(=O)Nc1c(C)cccc1OC(F)F.Cl. The summed E-state index contributed by atoms with van der Waals surface area (Å²) in [4.78, 5) is 11.7. The number of aryl methyl sites for hydroxylation is 1. The van der Waals surface area contributed by atoms with E-state index in [1.165, 1.54) is 13.2 Å². The average molecular weight is 311 g/mol. The first-order valence-electron chi connectivity index (χ1n) is 5.55. The fourth-order valence-electron chi connectivity index (χ4n) is 1.47. The number of nitrogens with one attached hydrogen (secondary N) is 1. The Morgan fingerprint density at radius 3 is 2.65 bits per heavy atom. The van der Waals surface area contributed by atoms with Crippen molar-refractivity contribution < 1.29 is 23.0 Å². The van der Waals surface area contributed by atoms with E-state index in [4.69, 9.17) is 10.5 Å². The van der Waals surface area contributed by atoms with Crippen molar-refractivity contribution in [3.63, 3.8) is 0 Å². The minimum Gasteiger partial charge on any atom is -0.433 e. The molecule has 0 aliphatic carbocycles. The van der Waals surface area contributed by atoms with Crippen molar-refractivity contribution in [2.24, 2.45) is 5.73 Å². The van der Waals surface area contributed by atoms with Crippen LogP contribution in [0.1, 0.15) is 5.56 Å². The van der Waals surface area contributed by atoms with Crippen molar-refractivity contribution in [2.45, 2.75) is 19.6 Å². The summed E-state index contributed by atoms with van der Waals surface area (Å²) in [5.74, 6) is -0.636. The molecule has 0 bridgehead atoms. The number of alkyl halides is 2. The van der Waals surface area contributed by atoms with Crippen molar-refractivity contribution in [1.29, 1.82) is 0 Å². The van der Waals surface area contributed by atoms with Crippen LogP contribution in [0.3, 0.4) is 0 Å². The van der Waals surface area contributed by atoms with Crippen LogP contribution in [0.2, 0.25) is 0 Å². The van der Waals surface area contributed by atoms with Crippen molar-refractivity contribution >= 4 is 24.0 Å². The number of halogens is 3. The third-order valence-electron chi connectivity index (χ3n) is 2.38. The zero-order valence-corrected chi connectivity index (χ0v) is 11.9. The highest BCUT2D eigenvalue weighted by Crippen LogP contribution is 2.29. The fraction of sp³-hybridized carbons (Fsp3) is 0.417. The number of amides is 1. The van der Waals surface area contributed by atoms with Gasteiger partial charge in [0.1, 0.15) is 11.8 Å². The monoisotopic (exact) mass is 310 g/mol. The molecule has 0 fully saturated rings. The largest absolute Gasteiger partial charge is 0.433 e. The molecule has 1 amide bonds. The summed E-state index contributed by atoms with van der Waals surface area (Å²) < 4.78 is 33.6. The van der Waals surface area contributed by atoms with Crippen molar-refractivity contribution in [3.8, 4) is 5.75 Å². The van der Waals surface area contributed by atoms with Crippen LogP contribution in [-0.4, -0.2) is 32.3 Å². The van der Waals surface area contributed by atoms with Crippen LogP contribution >= 0.6 is 12.4 Å². The molecule has 20 heavy (non-hydrogen) atoms. The molecule has 114 valence electrons. The van der Waals surface area contributed by atoms with Gasteiger partial charge < -0.3 is 20.5 Å². The Morgan fingerprint density at radius 2 is 2.10 bits per heavy atom. The number of anilines is 1. The Bertz CT molecular complexity index is 447. The van der Waals surface area contributed by atoms with Gasteiger partial charge in [0.15, 0.2) is 0 Å². The van der Waals surface area contributed by atoms with E-state index in [-0.39, 0.29) is 30.5 Å². The molecule has 5 nitrogen and oxygen atoms in total. The molecule has 1 aromatic rings. The van der Waals surface area contributed by atoms with E-state index in [2.05, 4.69) is 10.1 Å². The zero-order chi connectivity index (χ0) is 14.4. The summed E-state index contributed by atoms with van der Waals surface area (Å²) in [5.41, 5.74) is 6.32. The molecule has 0 saturated heterocycles. The molecule has 1 aromatic carbocycles. The molecule has 3 N–H and O–H groups in total. The zero-order valence-electron chi connectivity index (χ0n) is 11.1. The number of para-hydroxylation sites is 1. The number of methoxy groups -OCH3 is 1. The molecular weight excluding hydrogens is 294 g/mol. The topological polar surface area (TPSA) is 73.6 Å². The second kappa shape index (κ2) is 8.68. The Kier molecular flexibility index (Phi) is 8.05. The summed E-state index contributed by atoms with van der Waals surface area (Å²) >= 11 is 0. The normalized spacial score (nSPS) is 11.7. The second-order valence-corrected chi connectivity index (χ2v) is 3.88. The van der Waals surface area contributed by atoms with Gasteiger partial charge in [0, 0.05) is 7.11 Å². The van der Waals surface area contributed by atoms with Crippen LogP contribution in [-0.2, 0) is 9.53 Å². The average Bonchev–Trinajstić information content (AvgIpc) is 2.33. The number of rotatable bonds is 6. The maximum atomic E-state index is 12.3. The van der Waals surface area contributed by atoms with Gasteiger partial charge in [-0.25, -0.2) is 0 Å². The van der Waals surface area contributed by atoms with Crippen molar-refractivity contribution in [1.82, 2.24) is 0 Å².